The first kappa shape index (κ1) is 12.9. The van der Waals surface area contributed by atoms with Gasteiger partial charge in [-0.1, -0.05) is 27.2 Å². The van der Waals surface area contributed by atoms with E-state index in [0.717, 1.165) is 12.8 Å². The summed E-state index contributed by atoms with van der Waals surface area (Å²) in [4.78, 5) is 21.9. The summed E-state index contributed by atoms with van der Waals surface area (Å²) in [6.45, 7) is 5.47. The molecule has 0 rings (SSSR count). The molecule has 81 valence electrons. The summed E-state index contributed by atoms with van der Waals surface area (Å²) in [5.74, 6) is -1.46. The number of rotatable bonds is 6. The van der Waals surface area contributed by atoms with E-state index in [1.165, 1.54) is 0 Å². The number of carbonyl (C=O) groups is 2. The number of carboxylic acids is 1. The van der Waals surface area contributed by atoms with Gasteiger partial charge in [-0.15, -0.1) is 0 Å². The van der Waals surface area contributed by atoms with Gasteiger partial charge in [-0.3, -0.25) is 4.79 Å². The average Bonchev–Trinajstić information content (AvgIpc) is 2.09. The van der Waals surface area contributed by atoms with E-state index in [1.807, 2.05) is 6.92 Å². The summed E-state index contributed by atoms with van der Waals surface area (Å²) in [6, 6.07) is -0.889. The Kier molecular flexibility index (Phi) is 5.92. The average molecular weight is 200 g/mol. The summed E-state index contributed by atoms with van der Waals surface area (Å²) in [7, 11) is 0. The molecule has 0 fully saturated rings. The summed E-state index contributed by atoms with van der Waals surface area (Å²) in [6.07, 6.45) is 2.04. The second-order valence-corrected chi connectivity index (χ2v) is 3.65. The van der Waals surface area contributed by atoms with Crippen LogP contribution in [0.3, 0.4) is 0 Å². The van der Waals surface area contributed by atoms with Gasteiger partial charge in [0.2, 0.25) is 5.91 Å². The van der Waals surface area contributed by atoms with Crippen LogP contribution in [0.5, 0.6) is 0 Å². The van der Waals surface area contributed by atoms with E-state index >= 15 is 0 Å². The SMILES string of the molecule is CCCCC(=O)[N][C@H](C(=O)O)C(C)C. The third-order valence-electron chi connectivity index (χ3n) is 1.91. The molecular formula is C10H18NO3. The fourth-order valence-corrected chi connectivity index (χ4v) is 1.04. The lowest BCUT2D eigenvalue weighted by molar-refractivity contribution is -0.143. The van der Waals surface area contributed by atoms with E-state index in [9.17, 15) is 9.59 Å². The molecule has 0 aliphatic heterocycles. The summed E-state index contributed by atoms with van der Waals surface area (Å²) >= 11 is 0. The number of amides is 1. The van der Waals surface area contributed by atoms with Crippen molar-refractivity contribution < 1.29 is 14.7 Å². The molecule has 0 bridgehead atoms. The van der Waals surface area contributed by atoms with Crippen molar-refractivity contribution >= 4 is 11.9 Å². The largest absolute Gasteiger partial charge is 0.480 e. The normalized spacial score (nSPS) is 12.6. The van der Waals surface area contributed by atoms with Gasteiger partial charge in [-0.25, -0.2) is 10.1 Å². The first-order valence-corrected chi connectivity index (χ1v) is 4.95. The van der Waals surface area contributed by atoms with Crippen LogP contribution in [0.2, 0.25) is 0 Å². The molecule has 1 N–H and O–H groups in total. The maximum atomic E-state index is 11.2. The van der Waals surface area contributed by atoms with E-state index in [0.29, 0.717) is 6.42 Å². The zero-order valence-electron chi connectivity index (χ0n) is 8.99. The molecule has 0 saturated heterocycles. The van der Waals surface area contributed by atoms with E-state index in [2.05, 4.69) is 5.32 Å². The maximum absolute atomic E-state index is 11.2. The molecule has 0 aliphatic rings. The van der Waals surface area contributed by atoms with Crippen LogP contribution >= 0.6 is 0 Å². The third kappa shape index (κ3) is 4.84. The van der Waals surface area contributed by atoms with E-state index in [4.69, 9.17) is 5.11 Å². The highest BCUT2D eigenvalue weighted by atomic mass is 16.4. The minimum atomic E-state index is -1.02. The Labute approximate surface area is 84.7 Å². The van der Waals surface area contributed by atoms with Gasteiger partial charge in [0.15, 0.2) is 6.04 Å². The number of carbonyl (C=O) groups excluding carboxylic acids is 1. The molecule has 0 aliphatic carbocycles. The zero-order chi connectivity index (χ0) is 11.1. The fraction of sp³-hybridized carbons (Fsp3) is 0.800. The second-order valence-electron chi connectivity index (χ2n) is 3.65. The molecule has 0 spiro atoms. The van der Waals surface area contributed by atoms with Gasteiger partial charge in [0, 0.05) is 6.42 Å². The van der Waals surface area contributed by atoms with Gasteiger partial charge in [-0.2, -0.15) is 0 Å². The number of hydrogen-bond acceptors (Lipinski definition) is 2. The molecule has 0 unspecified atom stereocenters. The van der Waals surface area contributed by atoms with Crippen LogP contribution in [0, 0.1) is 5.92 Å². The van der Waals surface area contributed by atoms with Gasteiger partial charge < -0.3 is 5.11 Å². The molecule has 4 heteroatoms. The number of unbranched alkanes of at least 4 members (excludes halogenated alkanes) is 1. The molecule has 14 heavy (non-hydrogen) atoms. The highest BCUT2D eigenvalue weighted by molar-refractivity contribution is 5.83. The molecule has 1 amide bonds. The summed E-state index contributed by atoms with van der Waals surface area (Å²) in [5, 5.41) is 12.4. The number of nitrogens with zero attached hydrogens (tertiary/aromatic N) is 1. The van der Waals surface area contributed by atoms with Crippen molar-refractivity contribution in [2.45, 2.75) is 46.1 Å². The molecule has 0 aromatic heterocycles. The predicted octanol–water partition coefficient (Wildman–Crippen LogP) is 1.42. The van der Waals surface area contributed by atoms with Crippen LogP contribution in [0.4, 0.5) is 0 Å². The highest BCUT2D eigenvalue weighted by Gasteiger charge is 2.24. The highest BCUT2D eigenvalue weighted by Crippen LogP contribution is 2.04. The zero-order valence-corrected chi connectivity index (χ0v) is 8.99. The van der Waals surface area contributed by atoms with Crippen molar-refractivity contribution in [1.82, 2.24) is 5.32 Å². The molecule has 4 nitrogen and oxygen atoms in total. The van der Waals surface area contributed by atoms with Crippen molar-refractivity contribution in [3.63, 3.8) is 0 Å². The lowest BCUT2D eigenvalue weighted by Gasteiger charge is -2.14. The van der Waals surface area contributed by atoms with Gasteiger partial charge in [0.25, 0.3) is 0 Å². The Hall–Kier alpha value is -1.06. The predicted molar refractivity (Wildman–Crippen MR) is 52.9 cm³/mol. The van der Waals surface area contributed by atoms with Crippen LogP contribution in [-0.2, 0) is 9.59 Å². The lowest BCUT2D eigenvalue weighted by atomic mass is 10.0. The van der Waals surface area contributed by atoms with Crippen molar-refractivity contribution in [3.8, 4) is 0 Å². The first-order valence-electron chi connectivity index (χ1n) is 4.95. The van der Waals surface area contributed by atoms with Gasteiger partial charge in [-0.05, 0) is 12.3 Å². The second kappa shape index (κ2) is 6.40. The molecule has 0 aromatic rings. The van der Waals surface area contributed by atoms with Gasteiger partial charge in [0.05, 0.1) is 0 Å². The Morgan fingerprint density at radius 1 is 1.36 bits per heavy atom. The fourth-order valence-electron chi connectivity index (χ4n) is 1.04. The van der Waals surface area contributed by atoms with Crippen molar-refractivity contribution in [2.75, 3.05) is 0 Å². The number of hydrogen-bond donors (Lipinski definition) is 1. The smallest absolute Gasteiger partial charge is 0.328 e. The van der Waals surface area contributed by atoms with Gasteiger partial charge in [0.1, 0.15) is 0 Å². The Bertz CT molecular complexity index is 202. The molecule has 1 atom stereocenters. The maximum Gasteiger partial charge on any atom is 0.328 e. The van der Waals surface area contributed by atoms with Crippen LogP contribution in [0.1, 0.15) is 40.0 Å². The molecule has 1 radical (unpaired) electrons. The minimum absolute atomic E-state index is 0.141. The third-order valence-corrected chi connectivity index (χ3v) is 1.91. The number of aliphatic carboxylic acids is 1. The summed E-state index contributed by atoms with van der Waals surface area (Å²) in [5.41, 5.74) is 0. The van der Waals surface area contributed by atoms with E-state index in [1.54, 1.807) is 13.8 Å². The monoisotopic (exact) mass is 200 g/mol. The first-order chi connectivity index (χ1) is 6.49. The summed E-state index contributed by atoms with van der Waals surface area (Å²) < 4.78 is 0. The Morgan fingerprint density at radius 3 is 2.29 bits per heavy atom. The van der Waals surface area contributed by atoms with E-state index < -0.39 is 12.0 Å². The van der Waals surface area contributed by atoms with Crippen molar-refractivity contribution in [3.05, 3.63) is 0 Å². The van der Waals surface area contributed by atoms with Crippen molar-refractivity contribution in [2.24, 2.45) is 5.92 Å². The minimum Gasteiger partial charge on any atom is -0.480 e. The quantitative estimate of drug-likeness (QED) is 0.705. The van der Waals surface area contributed by atoms with Crippen LogP contribution in [0.25, 0.3) is 0 Å². The molecular weight excluding hydrogens is 182 g/mol. The van der Waals surface area contributed by atoms with Gasteiger partial charge >= 0.3 is 5.97 Å². The standard InChI is InChI=1S/C10H18NO3/c1-4-5-6-8(12)11-9(7(2)3)10(13)14/h7,9H,4-6H2,1-3H3,(H,13,14)/t9-/m0/s1. The molecule has 0 saturated carbocycles. The topological polar surface area (TPSA) is 68.5 Å². The molecule has 0 heterocycles. The van der Waals surface area contributed by atoms with Crippen LogP contribution in [0.15, 0.2) is 0 Å². The number of carboxylic acid groups (broad SMARTS) is 1. The lowest BCUT2D eigenvalue weighted by Crippen LogP contribution is -2.38. The van der Waals surface area contributed by atoms with Crippen LogP contribution < -0.4 is 5.32 Å². The van der Waals surface area contributed by atoms with E-state index in [-0.39, 0.29) is 11.8 Å². The van der Waals surface area contributed by atoms with Crippen molar-refractivity contribution in [1.29, 1.82) is 0 Å². The van der Waals surface area contributed by atoms with Crippen LogP contribution in [-0.4, -0.2) is 23.0 Å². The Balaban J connectivity index is 4.04. The Morgan fingerprint density at radius 2 is 1.93 bits per heavy atom. The molecule has 0 aromatic carbocycles.